The van der Waals surface area contributed by atoms with Gasteiger partial charge in [0.1, 0.15) is 5.75 Å². The lowest BCUT2D eigenvalue weighted by atomic mass is 9.81. The number of halogens is 1. The van der Waals surface area contributed by atoms with Crippen molar-refractivity contribution in [2.75, 3.05) is 19.8 Å². The van der Waals surface area contributed by atoms with Gasteiger partial charge in [0.15, 0.2) is 11.6 Å². The van der Waals surface area contributed by atoms with Gasteiger partial charge in [0, 0.05) is 46.6 Å². The third-order valence-electron chi connectivity index (χ3n) is 8.21. The highest BCUT2D eigenvalue weighted by atomic mass is 79.9. The number of hydrogen-bond acceptors (Lipinski definition) is 8. The van der Waals surface area contributed by atoms with Crippen LogP contribution >= 0.6 is 15.9 Å². The van der Waals surface area contributed by atoms with Crippen LogP contribution in [0.15, 0.2) is 87.4 Å². The first-order valence-electron chi connectivity index (χ1n) is 15.1. The maximum atomic E-state index is 14.4. The molecular weight excluding hydrogens is 640 g/mol. The third-order valence-corrected chi connectivity index (χ3v) is 8.74. The molecule has 2 aliphatic rings. The van der Waals surface area contributed by atoms with Gasteiger partial charge in [-0.05, 0) is 65.9 Å². The maximum Gasteiger partial charge on any atom is 0.266 e. The number of benzene rings is 3. The van der Waals surface area contributed by atoms with E-state index in [0.29, 0.717) is 48.4 Å². The van der Waals surface area contributed by atoms with Crippen LogP contribution < -0.4 is 15.6 Å². The molecule has 0 aromatic heterocycles. The number of azide groups is 1. The number of amides is 1. The van der Waals surface area contributed by atoms with Gasteiger partial charge < -0.3 is 19.7 Å². The Hall–Kier alpha value is -3.93. The summed E-state index contributed by atoms with van der Waals surface area (Å²) in [7, 11) is 0. The van der Waals surface area contributed by atoms with Crippen molar-refractivity contribution < 1.29 is 24.5 Å². The van der Waals surface area contributed by atoms with Crippen LogP contribution in [0, 0.1) is 0 Å². The molecule has 5 rings (SSSR count). The average molecular weight is 678 g/mol. The van der Waals surface area contributed by atoms with E-state index in [0.717, 1.165) is 29.3 Å². The van der Waals surface area contributed by atoms with Crippen LogP contribution in [0.4, 0.5) is 5.69 Å². The normalized spacial score (nSPS) is 20.4. The number of aliphatic hydroxyl groups is 2. The van der Waals surface area contributed by atoms with E-state index in [1.54, 1.807) is 24.3 Å². The Balaban J connectivity index is 1.54. The largest absolute Gasteiger partial charge is 0.494 e. The summed E-state index contributed by atoms with van der Waals surface area (Å²) in [6.07, 6.45) is 4.01. The summed E-state index contributed by atoms with van der Waals surface area (Å²) < 4.78 is 13.1. The van der Waals surface area contributed by atoms with E-state index in [4.69, 9.17) is 19.6 Å². The van der Waals surface area contributed by atoms with Crippen LogP contribution in [0.25, 0.3) is 10.4 Å². The average Bonchev–Trinajstić information content (AvgIpc) is 3.43. The van der Waals surface area contributed by atoms with Crippen molar-refractivity contribution in [1.82, 2.24) is 10.9 Å². The van der Waals surface area contributed by atoms with Crippen molar-refractivity contribution in [1.29, 1.82) is 0 Å². The summed E-state index contributed by atoms with van der Waals surface area (Å²) in [6, 6.07) is 21.8. The molecular formula is C33H37BrN6O5. The Labute approximate surface area is 270 Å². The van der Waals surface area contributed by atoms with Crippen molar-refractivity contribution in [3.8, 4) is 5.75 Å². The van der Waals surface area contributed by atoms with E-state index in [2.05, 4.69) is 36.8 Å². The lowest BCUT2D eigenvalue weighted by Crippen LogP contribution is -2.56. The fourth-order valence-electron chi connectivity index (χ4n) is 5.80. The number of aliphatic imine (C=N–C) groups is 1. The van der Waals surface area contributed by atoms with Gasteiger partial charge in [0.05, 0.1) is 12.2 Å². The predicted octanol–water partition coefficient (Wildman–Crippen LogP) is 5.97. The summed E-state index contributed by atoms with van der Waals surface area (Å²) in [4.78, 5) is 22.4. The number of nitrogens with one attached hydrogen (secondary N) is 2. The second-order valence-corrected chi connectivity index (χ2v) is 12.3. The van der Waals surface area contributed by atoms with E-state index in [-0.39, 0.29) is 25.5 Å². The van der Waals surface area contributed by atoms with Crippen molar-refractivity contribution in [2.45, 2.75) is 62.2 Å². The van der Waals surface area contributed by atoms with Crippen molar-refractivity contribution >= 4 is 33.4 Å². The number of aliphatic hydroxyl groups excluding tert-OH is 1. The quantitative estimate of drug-likeness (QED) is 0.0574. The van der Waals surface area contributed by atoms with Crippen LogP contribution in [0.1, 0.15) is 61.3 Å². The van der Waals surface area contributed by atoms with E-state index < -0.39 is 23.2 Å². The highest BCUT2D eigenvalue weighted by Gasteiger charge is 2.53. The molecule has 0 unspecified atom stereocenters. The first-order valence-corrected chi connectivity index (χ1v) is 15.9. The van der Waals surface area contributed by atoms with Gasteiger partial charge in [-0.3, -0.25) is 10.2 Å². The Morgan fingerprint density at radius 3 is 2.53 bits per heavy atom. The maximum absolute atomic E-state index is 14.4. The van der Waals surface area contributed by atoms with Gasteiger partial charge in [-0.25, -0.2) is 10.4 Å². The molecule has 0 bridgehead atoms. The predicted molar refractivity (Wildman–Crippen MR) is 174 cm³/mol. The summed E-state index contributed by atoms with van der Waals surface area (Å²) >= 11 is 3.49. The van der Waals surface area contributed by atoms with Crippen LogP contribution in [0.5, 0.6) is 5.75 Å². The molecule has 3 aromatic rings. The van der Waals surface area contributed by atoms with Crippen LogP contribution in [-0.4, -0.2) is 52.9 Å². The fraction of sp³-hybridized carbons (Fsp3) is 0.394. The minimum absolute atomic E-state index is 0.0429. The molecule has 0 saturated heterocycles. The standard InChI is InChI=1S/C33H37BrN6O5/c34-26-13-9-23(10-14-26)29-33(21-25-7-2-3-8-28(25)38-40-35,31(42)39-36-22-32(43)17-4-1-5-18-32)37-30(45-29)24-11-15-27(16-12-24)44-20-6-19-41/h2-3,7-16,29,36,41,43H,1,4-6,17-22H2,(H,39,42)/t29-,33-/m0/s1. The van der Waals surface area contributed by atoms with Crippen LogP contribution in [-0.2, 0) is 16.0 Å². The molecule has 1 fully saturated rings. The molecule has 45 heavy (non-hydrogen) atoms. The van der Waals surface area contributed by atoms with Crippen molar-refractivity contribution in [3.63, 3.8) is 0 Å². The molecule has 1 aliphatic heterocycles. The van der Waals surface area contributed by atoms with Gasteiger partial charge in [-0.1, -0.05) is 76.7 Å². The van der Waals surface area contributed by atoms with E-state index in [1.807, 2.05) is 48.5 Å². The number of carbonyl (C=O) groups excluding carboxylic acids is 1. The van der Waals surface area contributed by atoms with Crippen LogP contribution in [0.3, 0.4) is 0 Å². The van der Waals surface area contributed by atoms with Gasteiger partial charge >= 0.3 is 0 Å². The molecule has 1 amide bonds. The molecule has 4 N–H and O–H groups in total. The Bertz CT molecular complexity index is 1540. The number of nitrogens with zero attached hydrogens (tertiary/aromatic N) is 4. The number of ether oxygens (including phenoxy) is 2. The fourth-order valence-corrected chi connectivity index (χ4v) is 6.06. The van der Waals surface area contributed by atoms with Gasteiger partial charge in [0.2, 0.25) is 5.90 Å². The summed E-state index contributed by atoms with van der Waals surface area (Å²) in [5, 5.41) is 24.0. The minimum atomic E-state index is -1.53. The van der Waals surface area contributed by atoms with E-state index in [1.165, 1.54) is 0 Å². The Kier molecular flexibility index (Phi) is 10.7. The zero-order valence-electron chi connectivity index (χ0n) is 24.9. The molecule has 0 spiro atoms. The van der Waals surface area contributed by atoms with Gasteiger partial charge in [-0.15, -0.1) is 0 Å². The van der Waals surface area contributed by atoms with Crippen LogP contribution in [0.2, 0.25) is 0 Å². The van der Waals surface area contributed by atoms with Gasteiger partial charge in [0.25, 0.3) is 5.91 Å². The summed E-state index contributed by atoms with van der Waals surface area (Å²) in [6.45, 7) is 0.623. The Morgan fingerprint density at radius 2 is 1.82 bits per heavy atom. The SMILES string of the molecule is [N-]=[N+]=Nc1ccccc1C[C@]1(C(=O)NNCC2(O)CCCCC2)N=C(c2ccc(OCCCO)cc2)O[C@H]1c1ccc(Br)cc1. The highest BCUT2D eigenvalue weighted by molar-refractivity contribution is 9.10. The van der Waals surface area contributed by atoms with Gasteiger partial charge in [-0.2, -0.15) is 0 Å². The third kappa shape index (κ3) is 7.84. The first kappa shape index (κ1) is 32.5. The molecule has 1 saturated carbocycles. The zero-order chi connectivity index (χ0) is 31.7. The smallest absolute Gasteiger partial charge is 0.266 e. The monoisotopic (exact) mass is 676 g/mol. The number of carbonyl (C=O) groups is 1. The van der Waals surface area contributed by atoms with Crippen molar-refractivity contribution in [3.05, 3.63) is 104 Å². The highest BCUT2D eigenvalue weighted by Crippen LogP contribution is 2.44. The summed E-state index contributed by atoms with van der Waals surface area (Å²) in [5.74, 6) is 0.448. The minimum Gasteiger partial charge on any atom is -0.494 e. The molecule has 1 heterocycles. The molecule has 236 valence electrons. The molecule has 0 radical (unpaired) electrons. The molecule has 12 heteroatoms. The number of rotatable bonds is 13. The molecule has 2 atom stereocenters. The summed E-state index contributed by atoms with van der Waals surface area (Å²) in [5.41, 5.74) is 15.0. The first-order chi connectivity index (χ1) is 21.9. The molecule has 1 aliphatic carbocycles. The van der Waals surface area contributed by atoms with Crippen molar-refractivity contribution in [2.24, 2.45) is 10.1 Å². The Morgan fingerprint density at radius 1 is 1.09 bits per heavy atom. The molecule has 3 aromatic carbocycles. The zero-order valence-corrected chi connectivity index (χ0v) is 26.4. The van der Waals surface area contributed by atoms with E-state index >= 15 is 0 Å². The lowest BCUT2D eigenvalue weighted by molar-refractivity contribution is -0.130. The lowest BCUT2D eigenvalue weighted by Gasteiger charge is -2.34. The molecule has 11 nitrogen and oxygen atoms in total. The van der Waals surface area contributed by atoms with E-state index in [9.17, 15) is 15.4 Å². The topological polar surface area (TPSA) is 161 Å². The second kappa shape index (κ2) is 14.9. The second-order valence-electron chi connectivity index (χ2n) is 11.4. The number of hydrazine groups is 1. The number of hydrogen-bond donors (Lipinski definition) is 4.